The average Bonchev–Trinajstić information content (AvgIpc) is 2.15. The molecule has 0 radical (unpaired) electrons. The van der Waals surface area contributed by atoms with Crippen molar-refractivity contribution in [2.24, 2.45) is 0 Å². The molecular weight excluding hydrogens is 289 g/mol. The first-order valence-electron chi connectivity index (χ1n) is 4.45. The van der Waals surface area contributed by atoms with Crippen LogP contribution in [-0.2, 0) is 14.8 Å². The van der Waals surface area contributed by atoms with E-state index in [0.29, 0.717) is 0 Å². The Bertz CT molecular complexity index is 524. The van der Waals surface area contributed by atoms with Gasteiger partial charge in [-0.25, -0.2) is 8.42 Å². The fourth-order valence-corrected chi connectivity index (χ4v) is 3.42. The second kappa shape index (κ2) is 5.22. The van der Waals surface area contributed by atoms with Crippen molar-refractivity contribution < 1.29 is 18.3 Å². The van der Waals surface area contributed by atoms with Crippen molar-refractivity contribution in [3.8, 4) is 0 Å². The highest BCUT2D eigenvalue weighted by molar-refractivity contribution is 7.89. The third-order valence-electron chi connectivity index (χ3n) is 1.89. The molecule has 17 heavy (non-hydrogen) atoms. The molecule has 0 amide bonds. The van der Waals surface area contributed by atoms with Gasteiger partial charge in [-0.3, -0.25) is 4.79 Å². The Balaban J connectivity index is 3.19. The summed E-state index contributed by atoms with van der Waals surface area (Å²) in [7, 11) is -4.06. The third kappa shape index (κ3) is 3.32. The van der Waals surface area contributed by atoms with E-state index >= 15 is 0 Å². The maximum Gasteiger partial charge on any atom is 0.321 e. The summed E-state index contributed by atoms with van der Waals surface area (Å²) in [5, 5.41) is 8.50. The zero-order valence-electron chi connectivity index (χ0n) is 8.65. The molecule has 0 saturated carbocycles. The highest BCUT2D eigenvalue weighted by Crippen LogP contribution is 2.28. The van der Waals surface area contributed by atoms with E-state index in [2.05, 4.69) is 0 Å². The zero-order chi connectivity index (χ0) is 13.2. The van der Waals surface area contributed by atoms with Crippen LogP contribution >= 0.6 is 23.2 Å². The van der Waals surface area contributed by atoms with Crippen LogP contribution in [0.2, 0.25) is 10.0 Å². The number of carboxylic acid groups (broad SMARTS) is 1. The van der Waals surface area contributed by atoms with Gasteiger partial charge in [-0.05, 0) is 19.1 Å². The SMILES string of the molecule is CC(NS(=O)(=O)c1c(Cl)cccc1Cl)C(=O)O. The molecular formula is C9H9Cl2NO4S. The first-order chi connectivity index (χ1) is 7.75. The van der Waals surface area contributed by atoms with E-state index in [4.69, 9.17) is 28.3 Å². The van der Waals surface area contributed by atoms with Gasteiger partial charge >= 0.3 is 5.97 Å². The number of nitrogens with one attached hydrogen (secondary N) is 1. The summed E-state index contributed by atoms with van der Waals surface area (Å²) in [5.41, 5.74) is 0. The molecule has 5 nitrogen and oxygen atoms in total. The Kier molecular flexibility index (Phi) is 4.37. The number of sulfonamides is 1. The first kappa shape index (κ1) is 14.2. The van der Waals surface area contributed by atoms with Crippen LogP contribution in [0.1, 0.15) is 6.92 Å². The summed E-state index contributed by atoms with van der Waals surface area (Å²) >= 11 is 11.5. The highest BCUT2D eigenvalue weighted by atomic mass is 35.5. The largest absolute Gasteiger partial charge is 0.480 e. The van der Waals surface area contributed by atoms with Gasteiger partial charge < -0.3 is 5.11 Å². The topological polar surface area (TPSA) is 83.5 Å². The molecule has 94 valence electrons. The van der Waals surface area contributed by atoms with E-state index in [1.54, 1.807) is 0 Å². The minimum absolute atomic E-state index is 0.0670. The Morgan fingerprint density at radius 1 is 1.35 bits per heavy atom. The van der Waals surface area contributed by atoms with Crippen LogP contribution in [0.15, 0.2) is 23.1 Å². The van der Waals surface area contributed by atoms with E-state index in [1.165, 1.54) is 25.1 Å². The number of halogens is 2. The normalized spacial score (nSPS) is 13.4. The lowest BCUT2D eigenvalue weighted by Gasteiger charge is -2.12. The molecule has 0 bridgehead atoms. The monoisotopic (exact) mass is 297 g/mol. The van der Waals surface area contributed by atoms with Gasteiger partial charge in [0.2, 0.25) is 10.0 Å². The molecule has 0 spiro atoms. The van der Waals surface area contributed by atoms with Crippen molar-refractivity contribution in [3.05, 3.63) is 28.2 Å². The molecule has 0 aliphatic rings. The minimum Gasteiger partial charge on any atom is -0.480 e. The zero-order valence-corrected chi connectivity index (χ0v) is 11.0. The van der Waals surface area contributed by atoms with E-state index in [9.17, 15) is 13.2 Å². The van der Waals surface area contributed by atoms with Crippen LogP contribution in [0, 0.1) is 0 Å². The van der Waals surface area contributed by atoms with Crippen LogP contribution in [0.25, 0.3) is 0 Å². The molecule has 1 aromatic carbocycles. The molecule has 1 aromatic rings. The fourth-order valence-electron chi connectivity index (χ4n) is 1.08. The van der Waals surface area contributed by atoms with Crippen molar-refractivity contribution in [2.75, 3.05) is 0 Å². The van der Waals surface area contributed by atoms with E-state index in [-0.39, 0.29) is 14.9 Å². The number of aliphatic carboxylic acids is 1. The summed E-state index contributed by atoms with van der Waals surface area (Å²) in [6.07, 6.45) is 0. The fraction of sp³-hybridized carbons (Fsp3) is 0.222. The van der Waals surface area contributed by atoms with Crippen molar-refractivity contribution in [1.29, 1.82) is 0 Å². The smallest absolute Gasteiger partial charge is 0.321 e. The maximum atomic E-state index is 11.8. The van der Waals surface area contributed by atoms with Gasteiger partial charge in [0, 0.05) is 0 Å². The minimum atomic E-state index is -4.06. The van der Waals surface area contributed by atoms with E-state index < -0.39 is 22.0 Å². The Morgan fingerprint density at radius 3 is 2.24 bits per heavy atom. The molecule has 0 aliphatic heterocycles. The average molecular weight is 298 g/mol. The van der Waals surface area contributed by atoms with Gasteiger partial charge in [-0.2, -0.15) is 4.72 Å². The second-order valence-electron chi connectivity index (χ2n) is 3.23. The highest BCUT2D eigenvalue weighted by Gasteiger charge is 2.25. The number of hydrogen-bond acceptors (Lipinski definition) is 3. The maximum absolute atomic E-state index is 11.8. The predicted octanol–water partition coefficient (Wildman–Crippen LogP) is 1.74. The van der Waals surface area contributed by atoms with Crippen LogP contribution in [-0.4, -0.2) is 25.5 Å². The Hall–Kier alpha value is -0.820. The van der Waals surface area contributed by atoms with Crippen molar-refractivity contribution in [1.82, 2.24) is 4.72 Å². The van der Waals surface area contributed by atoms with Gasteiger partial charge in [-0.15, -0.1) is 0 Å². The number of benzene rings is 1. The Morgan fingerprint density at radius 2 is 1.82 bits per heavy atom. The van der Waals surface area contributed by atoms with Gasteiger partial charge in [-0.1, -0.05) is 29.3 Å². The second-order valence-corrected chi connectivity index (χ2v) is 5.70. The van der Waals surface area contributed by atoms with Crippen molar-refractivity contribution >= 4 is 39.2 Å². The quantitative estimate of drug-likeness (QED) is 0.887. The van der Waals surface area contributed by atoms with Gasteiger partial charge in [0.1, 0.15) is 10.9 Å². The molecule has 0 fully saturated rings. The lowest BCUT2D eigenvalue weighted by Crippen LogP contribution is -2.38. The van der Waals surface area contributed by atoms with Crippen molar-refractivity contribution in [3.63, 3.8) is 0 Å². The summed E-state index contributed by atoms with van der Waals surface area (Å²) in [5.74, 6) is -1.29. The predicted molar refractivity (Wildman–Crippen MR) is 63.9 cm³/mol. The van der Waals surface area contributed by atoms with E-state index in [1.807, 2.05) is 4.72 Å². The van der Waals surface area contributed by atoms with Crippen LogP contribution in [0.4, 0.5) is 0 Å². The molecule has 1 atom stereocenters. The van der Waals surface area contributed by atoms with Gasteiger partial charge in [0.15, 0.2) is 0 Å². The summed E-state index contributed by atoms with van der Waals surface area (Å²) in [6, 6.07) is 2.93. The molecule has 0 saturated heterocycles. The molecule has 0 heterocycles. The summed E-state index contributed by atoms with van der Waals surface area (Å²) in [6.45, 7) is 1.20. The number of carbonyl (C=O) groups is 1. The third-order valence-corrected chi connectivity index (χ3v) is 4.39. The van der Waals surface area contributed by atoms with Crippen LogP contribution in [0.5, 0.6) is 0 Å². The van der Waals surface area contributed by atoms with E-state index in [0.717, 1.165) is 0 Å². The molecule has 1 rings (SSSR count). The molecule has 8 heteroatoms. The molecule has 0 aliphatic carbocycles. The van der Waals surface area contributed by atoms with Crippen LogP contribution < -0.4 is 4.72 Å². The van der Waals surface area contributed by atoms with Gasteiger partial charge in [0.25, 0.3) is 0 Å². The van der Waals surface area contributed by atoms with Crippen molar-refractivity contribution in [2.45, 2.75) is 17.9 Å². The molecule has 0 aromatic heterocycles. The Labute approximate surface area is 108 Å². The molecule has 2 N–H and O–H groups in total. The number of hydrogen-bond donors (Lipinski definition) is 2. The summed E-state index contributed by atoms with van der Waals surface area (Å²) in [4.78, 5) is 10.3. The first-order valence-corrected chi connectivity index (χ1v) is 6.69. The standard InChI is InChI=1S/C9H9Cl2NO4S/c1-5(9(13)14)12-17(15,16)8-6(10)3-2-4-7(8)11/h2-5,12H,1H3,(H,13,14). The van der Waals surface area contributed by atoms with Gasteiger partial charge in [0.05, 0.1) is 10.0 Å². The van der Waals surface area contributed by atoms with Crippen LogP contribution in [0.3, 0.4) is 0 Å². The lowest BCUT2D eigenvalue weighted by molar-refractivity contribution is -0.138. The molecule has 1 unspecified atom stereocenters. The lowest BCUT2D eigenvalue weighted by atomic mass is 10.4. The number of rotatable bonds is 4. The summed E-state index contributed by atoms with van der Waals surface area (Å²) < 4.78 is 25.6. The number of carboxylic acids is 1.